The van der Waals surface area contributed by atoms with Crippen LogP contribution in [0, 0.1) is 34.5 Å². The SMILES string of the molecule is C[C@]12C=CC(=O)N[C@@H]1CC[C@@H]1[C@@H]2CC[C@]2(C)[C@@H](C(=O)c3ccccc3)CC[C@@H]12. The zero-order chi connectivity index (χ0) is 19.5. The molecule has 0 spiro atoms. The lowest BCUT2D eigenvalue weighted by Crippen LogP contribution is -2.59. The third kappa shape index (κ3) is 2.47. The largest absolute Gasteiger partial charge is 0.349 e. The van der Waals surface area contributed by atoms with Gasteiger partial charge in [0.15, 0.2) is 5.78 Å². The molecule has 7 atom stereocenters. The van der Waals surface area contributed by atoms with E-state index in [9.17, 15) is 9.59 Å². The van der Waals surface area contributed by atoms with E-state index >= 15 is 0 Å². The van der Waals surface area contributed by atoms with Gasteiger partial charge in [-0.1, -0.05) is 50.3 Å². The van der Waals surface area contributed by atoms with Crippen molar-refractivity contribution in [1.29, 1.82) is 0 Å². The van der Waals surface area contributed by atoms with Crippen molar-refractivity contribution in [2.75, 3.05) is 0 Å². The first-order valence-electron chi connectivity index (χ1n) is 11.0. The van der Waals surface area contributed by atoms with Crippen LogP contribution in [0.5, 0.6) is 0 Å². The fourth-order valence-corrected chi connectivity index (χ4v) is 7.57. The predicted molar refractivity (Wildman–Crippen MR) is 110 cm³/mol. The number of amides is 1. The minimum absolute atomic E-state index is 0.0657. The van der Waals surface area contributed by atoms with Gasteiger partial charge in [-0.25, -0.2) is 0 Å². The number of nitrogens with one attached hydrogen (secondary N) is 1. The molecule has 1 N–H and O–H groups in total. The van der Waals surface area contributed by atoms with E-state index in [0.717, 1.165) is 24.8 Å². The molecule has 0 unspecified atom stereocenters. The molecule has 0 bridgehead atoms. The summed E-state index contributed by atoms with van der Waals surface area (Å²) in [6.07, 6.45) is 10.7. The summed E-state index contributed by atoms with van der Waals surface area (Å²) in [5.41, 5.74) is 1.07. The molecule has 3 saturated carbocycles. The van der Waals surface area contributed by atoms with Gasteiger partial charge in [-0.15, -0.1) is 0 Å². The molecular formula is C25H31NO2. The molecule has 3 aliphatic carbocycles. The molecule has 1 aromatic rings. The molecule has 1 amide bonds. The van der Waals surface area contributed by atoms with Crippen molar-refractivity contribution in [1.82, 2.24) is 5.32 Å². The highest BCUT2D eigenvalue weighted by Gasteiger charge is 2.60. The Morgan fingerprint density at radius 2 is 1.79 bits per heavy atom. The molecule has 0 aromatic heterocycles. The molecule has 28 heavy (non-hydrogen) atoms. The van der Waals surface area contributed by atoms with Crippen LogP contribution in [-0.2, 0) is 4.79 Å². The molecule has 0 saturated heterocycles. The molecule has 5 rings (SSSR count). The standard InChI is InChI=1S/C25H31NO2/c1-24-14-12-19-17(8-11-21-25(19,2)15-13-22(27)26-21)18(24)9-10-20(24)23(28)16-6-4-3-5-7-16/h3-7,13,15,17-21H,8-12,14H2,1-2H3,(H,26,27)/t17-,18-,19-,20+,21+,24-,25+/m0/s1. The lowest BCUT2D eigenvalue weighted by atomic mass is 9.47. The number of ketones is 1. The molecule has 1 heterocycles. The predicted octanol–water partition coefficient (Wildman–Crippen LogP) is 4.78. The van der Waals surface area contributed by atoms with Crippen molar-refractivity contribution in [2.24, 2.45) is 34.5 Å². The van der Waals surface area contributed by atoms with Crippen LogP contribution in [0.3, 0.4) is 0 Å². The average Bonchev–Trinajstić information content (AvgIpc) is 3.06. The van der Waals surface area contributed by atoms with E-state index in [-0.39, 0.29) is 28.7 Å². The first kappa shape index (κ1) is 18.1. The molecule has 0 radical (unpaired) electrons. The van der Waals surface area contributed by atoms with Crippen LogP contribution >= 0.6 is 0 Å². The van der Waals surface area contributed by atoms with Crippen LogP contribution in [0.4, 0.5) is 0 Å². The first-order valence-corrected chi connectivity index (χ1v) is 11.0. The summed E-state index contributed by atoms with van der Waals surface area (Å²) >= 11 is 0. The van der Waals surface area contributed by atoms with Crippen molar-refractivity contribution >= 4 is 11.7 Å². The molecular weight excluding hydrogens is 346 g/mol. The van der Waals surface area contributed by atoms with E-state index in [0.29, 0.717) is 23.5 Å². The summed E-state index contributed by atoms with van der Waals surface area (Å²) in [7, 11) is 0. The van der Waals surface area contributed by atoms with Gasteiger partial charge in [0, 0.05) is 22.9 Å². The van der Waals surface area contributed by atoms with Crippen molar-refractivity contribution in [3.05, 3.63) is 48.0 Å². The Labute approximate surface area is 168 Å². The molecule has 4 aliphatic rings. The minimum Gasteiger partial charge on any atom is -0.349 e. The van der Waals surface area contributed by atoms with Gasteiger partial charge >= 0.3 is 0 Å². The van der Waals surface area contributed by atoms with Crippen LogP contribution in [0.15, 0.2) is 42.5 Å². The van der Waals surface area contributed by atoms with Crippen molar-refractivity contribution in [3.8, 4) is 0 Å². The van der Waals surface area contributed by atoms with E-state index in [1.807, 2.05) is 30.3 Å². The van der Waals surface area contributed by atoms with Gasteiger partial charge in [0.05, 0.1) is 0 Å². The Balaban J connectivity index is 1.44. The second kappa shape index (κ2) is 6.30. The number of hydrogen-bond acceptors (Lipinski definition) is 2. The summed E-state index contributed by atoms with van der Waals surface area (Å²) in [6.45, 7) is 4.76. The number of benzene rings is 1. The van der Waals surface area contributed by atoms with E-state index in [1.54, 1.807) is 6.08 Å². The zero-order valence-electron chi connectivity index (χ0n) is 17.0. The van der Waals surface area contributed by atoms with E-state index in [2.05, 4.69) is 25.2 Å². The second-order valence-electron chi connectivity index (χ2n) is 10.1. The average molecular weight is 378 g/mol. The van der Waals surface area contributed by atoms with Crippen LogP contribution in [-0.4, -0.2) is 17.7 Å². The van der Waals surface area contributed by atoms with Crippen molar-refractivity contribution in [2.45, 2.75) is 58.4 Å². The van der Waals surface area contributed by atoms with Gasteiger partial charge in [0.2, 0.25) is 5.91 Å². The van der Waals surface area contributed by atoms with Gasteiger partial charge in [-0.2, -0.15) is 0 Å². The number of carbonyl (C=O) groups excluding carboxylic acids is 2. The smallest absolute Gasteiger partial charge is 0.243 e. The summed E-state index contributed by atoms with van der Waals surface area (Å²) in [4.78, 5) is 25.2. The fourth-order valence-electron chi connectivity index (χ4n) is 7.57. The zero-order valence-corrected chi connectivity index (χ0v) is 17.0. The Morgan fingerprint density at radius 3 is 2.57 bits per heavy atom. The Morgan fingerprint density at radius 1 is 1.00 bits per heavy atom. The van der Waals surface area contributed by atoms with Crippen LogP contribution < -0.4 is 5.32 Å². The number of fused-ring (bicyclic) bond motifs is 5. The lowest BCUT2D eigenvalue weighted by molar-refractivity contribution is -0.122. The fraction of sp³-hybridized carbons (Fsp3) is 0.600. The summed E-state index contributed by atoms with van der Waals surface area (Å²) < 4.78 is 0. The van der Waals surface area contributed by atoms with Crippen LogP contribution in [0.2, 0.25) is 0 Å². The van der Waals surface area contributed by atoms with E-state index in [1.165, 1.54) is 19.3 Å². The summed E-state index contributed by atoms with van der Waals surface area (Å²) in [5.74, 6) is 2.51. The minimum atomic E-state index is 0.0657. The maximum atomic E-state index is 13.3. The monoisotopic (exact) mass is 377 g/mol. The molecule has 148 valence electrons. The van der Waals surface area contributed by atoms with Gasteiger partial charge in [0.25, 0.3) is 0 Å². The normalized spacial score (nSPS) is 44.2. The summed E-state index contributed by atoms with van der Waals surface area (Å²) in [5, 5.41) is 3.23. The van der Waals surface area contributed by atoms with Crippen molar-refractivity contribution < 1.29 is 9.59 Å². The Kier molecular flexibility index (Phi) is 4.08. The lowest BCUT2D eigenvalue weighted by Gasteiger charge is -2.58. The second-order valence-corrected chi connectivity index (χ2v) is 10.1. The number of hydrogen-bond donors (Lipinski definition) is 1. The molecule has 3 fully saturated rings. The molecule has 3 nitrogen and oxygen atoms in total. The summed E-state index contributed by atoms with van der Waals surface area (Å²) in [6, 6.07) is 10.2. The highest BCUT2D eigenvalue weighted by atomic mass is 16.1. The van der Waals surface area contributed by atoms with E-state index < -0.39 is 0 Å². The molecule has 1 aliphatic heterocycles. The van der Waals surface area contributed by atoms with Gasteiger partial charge in [-0.05, 0) is 67.8 Å². The van der Waals surface area contributed by atoms with Crippen LogP contribution in [0.1, 0.15) is 62.7 Å². The van der Waals surface area contributed by atoms with Gasteiger partial charge in [0.1, 0.15) is 0 Å². The third-order valence-electron chi connectivity index (χ3n) is 9.06. The maximum Gasteiger partial charge on any atom is 0.243 e. The Bertz CT molecular complexity index is 830. The maximum absolute atomic E-state index is 13.3. The van der Waals surface area contributed by atoms with Crippen LogP contribution in [0.25, 0.3) is 0 Å². The Hall–Kier alpha value is -1.90. The third-order valence-corrected chi connectivity index (χ3v) is 9.06. The number of rotatable bonds is 2. The van der Waals surface area contributed by atoms with E-state index in [4.69, 9.17) is 0 Å². The first-order chi connectivity index (χ1) is 13.4. The highest BCUT2D eigenvalue weighted by molar-refractivity contribution is 5.98. The number of Topliss-reactive ketones (excluding diaryl/α,β-unsaturated/α-hetero) is 1. The number of carbonyl (C=O) groups is 2. The highest BCUT2D eigenvalue weighted by Crippen LogP contribution is 2.65. The quantitative estimate of drug-likeness (QED) is 0.754. The van der Waals surface area contributed by atoms with Gasteiger partial charge in [-0.3, -0.25) is 9.59 Å². The molecule has 3 heteroatoms. The van der Waals surface area contributed by atoms with Crippen molar-refractivity contribution in [3.63, 3.8) is 0 Å². The topological polar surface area (TPSA) is 46.2 Å². The van der Waals surface area contributed by atoms with Gasteiger partial charge < -0.3 is 5.32 Å². The molecule has 1 aromatic carbocycles.